The molecule has 3 nitrogen and oxygen atoms in total. The van der Waals surface area contributed by atoms with E-state index in [9.17, 15) is 9.90 Å². The summed E-state index contributed by atoms with van der Waals surface area (Å²) in [6.07, 6.45) is 3.21. The van der Waals surface area contributed by atoms with Crippen LogP contribution >= 0.6 is 0 Å². The van der Waals surface area contributed by atoms with Gasteiger partial charge in [0.25, 0.3) is 0 Å². The summed E-state index contributed by atoms with van der Waals surface area (Å²) < 4.78 is 0. The summed E-state index contributed by atoms with van der Waals surface area (Å²) in [5.41, 5.74) is 4.52. The Hall–Kier alpha value is -0.410. The van der Waals surface area contributed by atoms with Gasteiger partial charge in [-0.25, -0.2) is 0 Å². The van der Waals surface area contributed by atoms with Crippen molar-refractivity contribution in [3.8, 4) is 0 Å². The van der Waals surface area contributed by atoms with Crippen molar-refractivity contribution >= 4 is 6.29 Å². The summed E-state index contributed by atoms with van der Waals surface area (Å²) >= 11 is 0. The lowest BCUT2D eigenvalue weighted by Crippen LogP contribution is -2.39. The van der Waals surface area contributed by atoms with E-state index in [1.54, 1.807) is 0 Å². The molecule has 3 heteroatoms. The molecule has 0 aromatic carbocycles. The molecule has 0 heterocycles. The first-order valence-electron chi connectivity index (χ1n) is 3.60. The Bertz CT molecular complexity index is 128. The van der Waals surface area contributed by atoms with Crippen LogP contribution in [0.15, 0.2) is 0 Å². The second-order valence-corrected chi connectivity index (χ2v) is 3.06. The van der Waals surface area contributed by atoms with Crippen molar-refractivity contribution in [2.75, 3.05) is 0 Å². The minimum Gasteiger partial charge on any atom is -0.382 e. The van der Waals surface area contributed by atoms with Gasteiger partial charge in [0.15, 0.2) is 6.29 Å². The van der Waals surface area contributed by atoms with Crippen molar-refractivity contribution in [3.05, 3.63) is 0 Å². The van der Waals surface area contributed by atoms with E-state index in [0.717, 1.165) is 12.8 Å². The third-order valence-corrected chi connectivity index (χ3v) is 2.12. The van der Waals surface area contributed by atoms with Gasteiger partial charge in [-0.1, -0.05) is 0 Å². The van der Waals surface area contributed by atoms with E-state index in [0.29, 0.717) is 19.1 Å². The molecule has 1 rings (SSSR count). The van der Waals surface area contributed by atoms with Crippen molar-refractivity contribution in [2.24, 2.45) is 5.73 Å². The number of rotatable bonds is 1. The van der Waals surface area contributed by atoms with Gasteiger partial charge in [-0.15, -0.1) is 0 Å². The predicted molar refractivity (Wildman–Crippen MR) is 37.5 cm³/mol. The van der Waals surface area contributed by atoms with E-state index < -0.39 is 5.60 Å². The molecule has 0 saturated heterocycles. The molecule has 1 saturated carbocycles. The van der Waals surface area contributed by atoms with Crippen LogP contribution in [0.4, 0.5) is 0 Å². The smallest absolute Gasteiger partial charge is 0.151 e. The first-order chi connectivity index (χ1) is 4.66. The van der Waals surface area contributed by atoms with Crippen LogP contribution in [-0.2, 0) is 4.79 Å². The largest absolute Gasteiger partial charge is 0.382 e. The quantitative estimate of drug-likeness (QED) is 0.500. The summed E-state index contributed by atoms with van der Waals surface area (Å²) in [7, 11) is 0. The highest BCUT2D eigenvalue weighted by Gasteiger charge is 2.31. The zero-order chi connectivity index (χ0) is 7.61. The molecular weight excluding hydrogens is 130 g/mol. The zero-order valence-electron chi connectivity index (χ0n) is 5.92. The van der Waals surface area contributed by atoms with E-state index in [4.69, 9.17) is 5.73 Å². The van der Waals surface area contributed by atoms with Gasteiger partial charge in [0.2, 0.25) is 0 Å². The fourth-order valence-electron chi connectivity index (χ4n) is 1.26. The molecule has 0 bridgehead atoms. The molecule has 0 aromatic rings. The molecule has 0 atom stereocenters. The van der Waals surface area contributed by atoms with E-state index >= 15 is 0 Å². The average molecular weight is 143 g/mol. The minimum absolute atomic E-state index is 0.181. The number of hydrogen-bond acceptors (Lipinski definition) is 3. The maximum absolute atomic E-state index is 10.3. The number of aliphatic hydroxyl groups is 1. The Labute approximate surface area is 60.2 Å². The molecule has 10 heavy (non-hydrogen) atoms. The molecule has 0 spiro atoms. The van der Waals surface area contributed by atoms with Crippen LogP contribution < -0.4 is 5.73 Å². The summed E-state index contributed by atoms with van der Waals surface area (Å²) in [6.45, 7) is 0. The van der Waals surface area contributed by atoms with Crippen LogP contribution in [0.3, 0.4) is 0 Å². The SMILES string of the molecule is NC1CCC(O)(C=O)CC1. The molecule has 0 aromatic heterocycles. The highest BCUT2D eigenvalue weighted by Crippen LogP contribution is 2.25. The van der Waals surface area contributed by atoms with Gasteiger partial charge >= 0.3 is 0 Å². The van der Waals surface area contributed by atoms with E-state index in [2.05, 4.69) is 0 Å². The number of hydrogen-bond donors (Lipinski definition) is 2. The molecule has 1 fully saturated rings. The summed E-state index contributed by atoms with van der Waals surface area (Å²) in [5.74, 6) is 0. The number of aldehydes is 1. The summed E-state index contributed by atoms with van der Waals surface area (Å²) in [4.78, 5) is 10.3. The first-order valence-corrected chi connectivity index (χ1v) is 3.60. The van der Waals surface area contributed by atoms with Crippen LogP contribution in [0.25, 0.3) is 0 Å². The van der Waals surface area contributed by atoms with Crippen molar-refractivity contribution < 1.29 is 9.90 Å². The van der Waals surface area contributed by atoms with Crippen molar-refractivity contribution in [1.82, 2.24) is 0 Å². The number of nitrogens with two attached hydrogens (primary N) is 1. The lowest BCUT2D eigenvalue weighted by molar-refractivity contribution is -0.127. The molecule has 0 unspecified atom stereocenters. The summed E-state index contributed by atoms with van der Waals surface area (Å²) in [6, 6.07) is 0.181. The monoisotopic (exact) mass is 143 g/mol. The predicted octanol–water partition coefficient (Wildman–Crippen LogP) is -0.182. The lowest BCUT2D eigenvalue weighted by Gasteiger charge is -2.29. The molecular formula is C7H13NO2. The Morgan fingerprint density at radius 1 is 1.50 bits per heavy atom. The van der Waals surface area contributed by atoms with E-state index in [1.165, 1.54) is 0 Å². The standard InChI is InChI=1S/C7H13NO2/c8-6-1-3-7(10,5-9)4-2-6/h5-6,10H,1-4,8H2. The van der Waals surface area contributed by atoms with Gasteiger partial charge in [-0.3, -0.25) is 0 Å². The maximum Gasteiger partial charge on any atom is 0.151 e. The fraction of sp³-hybridized carbons (Fsp3) is 0.857. The van der Waals surface area contributed by atoms with Crippen LogP contribution in [-0.4, -0.2) is 23.0 Å². The average Bonchev–Trinajstić information content (AvgIpc) is 1.96. The Kier molecular flexibility index (Phi) is 2.06. The molecule has 0 aliphatic heterocycles. The van der Waals surface area contributed by atoms with Gasteiger partial charge in [-0.05, 0) is 25.7 Å². The second-order valence-electron chi connectivity index (χ2n) is 3.06. The van der Waals surface area contributed by atoms with Gasteiger partial charge in [0.1, 0.15) is 5.60 Å². The number of carbonyl (C=O) groups excluding carboxylic acids is 1. The number of carbonyl (C=O) groups is 1. The fourth-order valence-corrected chi connectivity index (χ4v) is 1.26. The van der Waals surface area contributed by atoms with Crippen LogP contribution in [0, 0.1) is 0 Å². The van der Waals surface area contributed by atoms with Crippen molar-refractivity contribution in [1.29, 1.82) is 0 Å². The molecule has 1 aliphatic carbocycles. The topological polar surface area (TPSA) is 63.3 Å². The third-order valence-electron chi connectivity index (χ3n) is 2.12. The van der Waals surface area contributed by atoms with E-state index in [-0.39, 0.29) is 6.04 Å². The van der Waals surface area contributed by atoms with E-state index in [1.807, 2.05) is 0 Å². The van der Waals surface area contributed by atoms with Crippen molar-refractivity contribution in [2.45, 2.75) is 37.3 Å². The summed E-state index contributed by atoms with van der Waals surface area (Å²) in [5, 5.41) is 9.37. The Morgan fingerprint density at radius 3 is 2.40 bits per heavy atom. The van der Waals surface area contributed by atoms with Crippen LogP contribution in [0.1, 0.15) is 25.7 Å². The lowest BCUT2D eigenvalue weighted by atomic mass is 9.84. The molecule has 0 amide bonds. The van der Waals surface area contributed by atoms with Crippen molar-refractivity contribution in [3.63, 3.8) is 0 Å². The minimum atomic E-state index is -1.06. The zero-order valence-corrected chi connectivity index (χ0v) is 5.92. The van der Waals surface area contributed by atoms with Gasteiger partial charge < -0.3 is 15.6 Å². The maximum atomic E-state index is 10.3. The van der Waals surface area contributed by atoms with Gasteiger partial charge in [-0.2, -0.15) is 0 Å². The Morgan fingerprint density at radius 2 is 2.00 bits per heavy atom. The molecule has 3 N–H and O–H groups in total. The third kappa shape index (κ3) is 1.55. The highest BCUT2D eigenvalue weighted by molar-refractivity contribution is 5.62. The molecule has 1 aliphatic rings. The normalized spacial score (nSPS) is 41.2. The molecule has 58 valence electrons. The van der Waals surface area contributed by atoms with Gasteiger partial charge in [0.05, 0.1) is 0 Å². The van der Waals surface area contributed by atoms with Crippen LogP contribution in [0.5, 0.6) is 0 Å². The van der Waals surface area contributed by atoms with Gasteiger partial charge in [0, 0.05) is 6.04 Å². The molecule has 0 radical (unpaired) electrons. The first kappa shape index (κ1) is 7.69. The second kappa shape index (κ2) is 2.68. The van der Waals surface area contributed by atoms with Crippen LogP contribution in [0.2, 0.25) is 0 Å². The highest BCUT2D eigenvalue weighted by atomic mass is 16.3. The Balaban J connectivity index is 2.46.